The Morgan fingerprint density at radius 1 is 1.33 bits per heavy atom. The second kappa shape index (κ2) is 4.79. The molecule has 1 rings (SSSR count). The van der Waals surface area contributed by atoms with Crippen LogP contribution >= 0.6 is 22.6 Å². The minimum atomic E-state index is -0.134. The van der Waals surface area contributed by atoms with Crippen LogP contribution in [-0.4, -0.2) is 17.8 Å². The van der Waals surface area contributed by atoms with E-state index < -0.39 is 0 Å². The second-order valence-electron chi connectivity index (χ2n) is 2.77. The zero-order valence-corrected chi connectivity index (χ0v) is 8.86. The molecule has 0 saturated heterocycles. The van der Waals surface area contributed by atoms with E-state index in [1.54, 1.807) is 0 Å². The highest BCUT2D eigenvalue weighted by molar-refractivity contribution is 14.1. The van der Waals surface area contributed by atoms with Crippen molar-refractivity contribution in [2.45, 2.75) is 12.5 Å². The third-order valence-corrected chi connectivity index (χ3v) is 2.36. The second-order valence-corrected chi connectivity index (χ2v) is 4.02. The highest BCUT2D eigenvalue weighted by Gasteiger charge is 2.01. The van der Waals surface area contributed by atoms with Crippen molar-refractivity contribution in [3.05, 3.63) is 33.4 Å². The molecule has 0 aliphatic heterocycles. The third kappa shape index (κ3) is 3.08. The molecular weight excluding hydrogens is 265 g/mol. The number of hydrogen-bond donors (Lipinski definition) is 2. The number of aliphatic hydroxyl groups is 1. The normalized spacial score (nSPS) is 12.9. The molecule has 0 bridgehead atoms. The summed E-state index contributed by atoms with van der Waals surface area (Å²) in [5, 5.41) is 8.72. The summed E-state index contributed by atoms with van der Waals surface area (Å²) in [6.07, 6.45) is 0.743. The summed E-state index contributed by atoms with van der Waals surface area (Å²) in [5.41, 5.74) is 6.77. The van der Waals surface area contributed by atoms with Gasteiger partial charge in [-0.3, -0.25) is 0 Å². The number of rotatable bonds is 3. The average molecular weight is 277 g/mol. The molecule has 0 aromatic heterocycles. The molecule has 0 fully saturated rings. The molecule has 3 N–H and O–H groups in total. The highest BCUT2D eigenvalue weighted by Crippen LogP contribution is 2.07. The standard InChI is InChI=1S/C9H12INO/c10-8-3-1-7(2-4-8)5-9(11)6-12/h1-4,9,12H,5-6,11H2. The van der Waals surface area contributed by atoms with Crippen LogP contribution in [0.5, 0.6) is 0 Å². The van der Waals surface area contributed by atoms with Gasteiger partial charge in [0.1, 0.15) is 0 Å². The number of halogens is 1. The maximum absolute atomic E-state index is 8.72. The molecule has 12 heavy (non-hydrogen) atoms. The van der Waals surface area contributed by atoms with E-state index in [9.17, 15) is 0 Å². The lowest BCUT2D eigenvalue weighted by molar-refractivity contribution is 0.265. The van der Waals surface area contributed by atoms with Gasteiger partial charge >= 0.3 is 0 Å². The van der Waals surface area contributed by atoms with Gasteiger partial charge in [0.2, 0.25) is 0 Å². The van der Waals surface area contributed by atoms with Crippen LogP contribution in [0.4, 0.5) is 0 Å². The zero-order valence-electron chi connectivity index (χ0n) is 6.70. The zero-order chi connectivity index (χ0) is 8.97. The van der Waals surface area contributed by atoms with Gasteiger partial charge < -0.3 is 10.8 Å². The first-order valence-electron chi connectivity index (χ1n) is 3.83. The maximum atomic E-state index is 8.72. The number of hydrogen-bond acceptors (Lipinski definition) is 2. The Hall–Kier alpha value is -0.130. The molecule has 0 spiro atoms. The van der Waals surface area contributed by atoms with Gasteiger partial charge in [0.05, 0.1) is 6.61 Å². The van der Waals surface area contributed by atoms with Crippen LogP contribution in [0.25, 0.3) is 0 Å². The van der Waals surface area contributed by atoms with Gasteiger partial charge in [0, 0.05) is 9.61 Å². The Morgan fingerprint density at radius 3 is 2.42 bits per heavy atom. The Bertz CT molecular complexity index is 235. The monoisotopic (exact) mass is 277 g/mol. The fourth-order valence-electron chi connectivity index (χ4n) is 0.988. The molecule has 1 aromatic carbocycles. The molecule has 0 aliphatic rings. The largest absolute Gasteiger partial charge is 0.395 e. The summed E-state index contributed by atoms with van der Waals surface area (Å²) in [7, 11) is 0. The first-order valence-corrected chi connectivity index (χ1v) is 4.91. The summed E-state index contributed by atoms with van der Waals surface area (Å²) in [6.45, 7) is 0.0476. The van der Waals surface area contributed by atoms with Gasteiger partial charge in [-0.25, -0.2) is 0 Å². The number of aliphatic hydroxyl groups excluding tert-OH is 1. The average Bonchev–Trinajstić information content (AvgIpc) is 2.09. The molecule has 2 nitrogen and oxygen atoms in total. The molecule has 3 heteroatoms. The minimum Gasteiger partial charge on any atom is -0.395 e. The van der Waals surface area contributed by atoms with Gasteiger partial charge in [0.25, 0.3) is 0 Å². The van der Waals surface area contributed by atoms with Crippen molar-refractivity contribution in [2.75, 3.05) is 6.61 Å². The van der Waals surface area contributed by atoms with Crippen LogP contribution in [0.2, 0.25) is 0 Å². The van der Waals surface area contributed by atoms with Crippen molar-refractivity contribution < 1.29 is 5.11 Å². The third-order valence-electron chi connectivity index (χ3n) is 1.65. The van der Waals surface area contributed by atoms with E-state index in [2.05, 4.69) is 22.6 Å². The van der Waals surface area contributed by atoms with Gasteiger partial charge in [-0.15, -0.1) is 0 Å². The molecule has 1 aromatic rings. The van der Waals surface area contributed by atoms with Crippen LogP contribution in [0.15, 0.2) is 24.3 Å². The van der Waals surface area contributed by atoms with Gasteiger partial charge in [-0.05, 0) is 46.7 Å². The number of benzene rings is 1. The number of nitrogens with two attached hydrogens (primary N) is 1. The van der Waals surface area contributed by atoms with E-state index in [4.69, 9.17) is 10.8 Å². The first-order chi connectivity index (χ1) is 5.72. The lowest BCUT2D eigenvalue weighted by atomic mass is 10.1. The Balaban J connectivity index is 2.58. The van der Waals surface area contributed by atoms with Gasteiger partial charge in [-0.1, -0.05) is 12.1 Å². The van der Waals surface area contributed by atoms with Crippen LogP contribution in [-0.2, 0) is 6.42 Å². The maximum Gasteiger partial charge on any atom is 0.0585 e. The van der Waals surface area contributed by atoms with Crippen molar-refractivity contribution in [2.24, 2.45) is 5.73 Å². The van der Waals surface area contributed by atoms with Crippen molar-refractivity contribution in [3.63, 3.8) is 0 Å². The van der Waals surface area contributed by atoms with Crippen molar-refractivity contribution >= 4 is 22.6 Å². The molecule has 66 valence electrons. The van der Waals surface area contributed by atoms with Crippen LogP contribution < -0.4 is 5.73 Å². The smallest absolute Gasteiger partial charge is 0.0585 e. The Labute approximate surface area is 85.9 Å². The van der Waals surface area contributed by atoms with E-state index in [1.807, 2.05) is 24.3 Å². The van der Waals surface area contributed by atoms with Crippen LogP contribution in [0.1, 0.15) is 5.56 Å². The Kier molecular flexibility index (Phi) is 3.97. The van der Waals surface area contributed by atoms with Gasteiger partial charge in [0.15, 0.2) is 0 Å². The predicted molar refractivity (Wildman–Crippen MR) is 57.9 cm³/mol. The molecule has 0 heterocycles. The fourth-order valence-corrected chi connectivity index (χ4v) is 1.35. The fraction of sp³-hybridized carbons (Fsp3) is 0.333. The lowest BCUT2D eigenvalue weighted by Crippen LogP contribution is -2.26. The van der Waals surface area contributed by atoms with E-state index in [0.717, 1.165) is 6.42 Å². The van der Waals surface area contributed by atoms with E-state index in [1.165, 1.54) is 9.13 Å². The lowest BCUT2D eigenvalue weighted by Gasteiger charge is -2.07. The summed E-state index contributed by atoms with van der Waals surface area (Å²) >= 11 is 2.26. The minimum absolute atomic E-state index is 0.0476. The molecule has 0 radical (unpaired) electrons. The molecule has 0 saturated carbocycles. The topological polar surface area (TPSA) is 46.2 Å². The van der Waals surface area contributed by atoms with Crippen molar-refractivity contribution in [1.82, 2.24) is 0 Å². The molecule has 1 atom stereocenters. The van der Waals surface area contributed by atoms with E-state index in [-0.39, 0.29) is 12.6 Å². The van der Waals surface area contributed by atoms with Crippen molar-refractivity contribution in [1.29, 1.82) is 0 Å². The van der Waals surface area contributed by atoms with Crippen LogP contribution in [0.3, 0.4) is 0 Å². The summed E-state index contributed by atoms with van der Waals surface area (Å²) in [5.74, 6) is 0. The quantitative estimate of drug-likeness (QED) is 0.814. The van der Waals surface area contributed by atoms with E-state index in [0.29, 0.717) is 0 Å². The molecule has 0 aliphatic carbocycles. The van der Waals surface area contributed by atoms with Crippen LogP contribution in [0, 0.1) is 3.57 Å². The van der Waals surface area contributed by atoms with Gasteiger partial charge in [-0.2, -0.15) is 0 Å². The molecule has 0 amide bonds. The summed E-state index contributed by atoms with van der Waals surface area (Å²) in [6, 6.07) is 8.03. The predicted octanol–water partition coefficient (Wildman–Crippen LogP) is 1.15. The molecular formula is C9H12INO. The van der Waals surface area contributed by atoms with E-state index >= 15 is 0 Å². The summed E-state index contributed by atoms with van der Waals surface area (Å²) < 4.78 is 1.22. The Morgan fingerprint density at radius 2 is 1.92 bits per heavy atom. The first kappa shape index (κ1) is 9.95. The SMILES string of the molecule is NC(CO)Cc1ccc(I)cc1. The summed E-state index contributed by atoms with van der Waals surface area (Å²) in [4.78, 5) is 0. The molecule has 1 unspecified atom stereocenters. The van der Waals surface area contributed by atoms with Crippen molar-refractivity contribution in [3.8, 4) is 0 Å². The highest BCUT2D eigenvalue weighted by atomic mass is 127.